The Balaban J connectivity index is 1.36. The molecule has 0 aliphatic carbocycles. The van der Waals surface area contributed by atoms with E-state index in [-0.39, 0.29) is 11.8 Å². The Morgan fingerprint density at radius 2 is 1.81 bits per heavy atom. The highest BCUT2D eigenvalue weighted by molar-refractivity contribution is 5.96. The zero-order chi connectivity index (χ0) is 21.9. The number of ether oxygens (including phenoxy) is 1. The van der Waals surface area contributed by atoms with Crippen LogP contribution < -0.4 is 9.64 Å². The molecule has 0 saturated carbocycles. The van der Waals surface area contributed by atoms with Gasteiger partial charge in [0.2, 0.25) is 5.91 Å². The molecule has 0 spiro atoms. The van der Waals surface area contributed by atoms with Crippen LogP contribution in [0.1, 0.15) is 30.1 Å². The van der Waals surface area contributed by atoms with Gasteiger partial charge in [-0.1, -0.05) is 42.5 Å². The largest absolute Gasteiger partial charge is 0.494 e. The van der Waals surface area contributed by atoms with Crippen LogP contribution >= 0.6 is 0 Å². The Bertz CT molecular complexity index is 1230. The lowest BCUT2D eigenvalue weighted by Gasteiger charge is -2.18. The van der Waals surface area contributed by atoms with Crippen LogP contribution in [0.2, 0.25) is 0 Å². The number of fused-ring (bicyclic) bond motifs is 1. The van der Waals surface area contributed by atoms with Crippen molar-refractivity contribution in [1.82, 2.24) is 9.55 Å². The Labute approximate surface area is 188 Å². The van der Waals surface area contributed by atoms with E-state index >= 15 is 0 Å². The fourth-order valence-electron chi connectivity index (χ4n) is 4.50. The van der Waals surface area contributed by atoms with Gasteiger partial charge in [-0.3, -0.25) is 4.79 Å². The molecule has 2 heterocycles. The van der Waals surface area contributed by atoms with Gasteiger partial charge in [-0.15, -0.1) is 0 Å². The van der Waals surface area contributed by atoms with E-state index in [1.54, 1.807) is 0 Å². The van der Waals surface area contributed by atoms with Crippen LogP contribution in [0.25, 0.3) is 11.0 Å². The summed E-state index contributed by atoms with van der Waals surface area (Å²) in [6.07, 6.45) is 1.35. The molecule has 1 aromatic heterocycles. The van der Waals surface area contributed by atoms with E-state index < -0.39 is 0 Å². The van der Waals surface area contributed by atoms with Crippen molar-refractivity contribution >= 4 is 22.6 Å². The number of carbonyl (C=O) groups is 1. The molecule has 0 unspecified atom stereocenters. The highest BCUT2D eigenvalue weighted by Gasteiger charge is 2.34. The van der Waals surface area contributed by atoms with Gasteiger partial charge in [0.1, 0.15) is 11.6 Å². The molecule has 0 bridgehead atoms. The molecule has 0 radical (unpaired) electrons. The maximum Gasteiger partial charge on any atom is 0.227 e. The summed E-state index contributed by atoms with van der Waals surface area (Å²) in [5, 5.41) is 0. The van der Waals surface area contributed by atoms with Crippen LogP contribution in [-0.4, -0.2) is 28.6 Å². The molecule has 32 heavy (non-hydrogen) atoms. The van der Waals surface area contributed by atoms with Crippen molar-refractivity contribution in [3.63, 3.8) is 0 Å². The minimum absolute atomic E-state index is 0.0745. The fourth-order valence-corrected chi connectivity index (χ4v) is 4.50. The lowest BCUT2D eigenvalue weighted by molar-refractivity contribution is -0.117. The quantitative estimate of drug-likeness (QED) is 0.376. The maximum absolute atomic E-state index is 12.9. The van der Waals surface area contributed by atoms with Crippen LogP contribution in [0.15, 0.2) is 78.9 Å². The monoisotopic (exact) mass is 425 g/mol. The summed E-state index contributed by atoms with van der Waals surface area (Å²) in [6, 6.07) is 26.3. The summed E-state index contributed by atoms with van der Waals surface area (Å²) >= 11 is 0. The SMILES string of the molecule is Cc1cccc(N2C[C@@H](c3nc4ccccc4n3CCCOc3ccccc3)CC2=O)c1. The average Bonchev–Trinajstić information content (AvgIpc) is 3.38. The second kappa shape index (κ2) is 8.87. The normalized spacial score (nSPS) is 16.1. The number of nitrogens with zero attached hydrogens (tertiary/aromatic N) is 3. The number of anilines is 1. The fraction of sp³-hybridized carbons (Fsp3) is 0.259. The third-order valence-corrected chi connectivity index (χ3v) is 6.03. The van der Waals surface area contributed by atoms with Crippen molar-refractivity contribution < 1.29 is 9.53 Å². The van der Waals surface area contributed by atoms with Crippen LogP contribution in [0.4, 0.5) is 5.69 Å². The highest BCUT2D eigenvalue weighted by Crippen LogP contribution is 2.33. The summed E-state index contributed by atoms with van der Waals surface area (Å²) in [5.74, 6) is 2.12. The zero-order valence-corrected chi connectivity index (χ0v) is 18.3. The molecule has 5 nitrogen and oxygen atoms in total. The summed E-state index contributed by atoms with van der Waals surface area (Å²) in [5.41, 5.74) is 4.22. The molecule has 1 fully saturated rings. The number of hydrogen-bond donors (Lipinski definition) is 0. The number of hydrogen-bond acceptors (Lipinski definition) is 3. The molecule has 3 aromatic carbocycles. The third kappa shape index (κ3) is 4.11. The Morgan fingerprint density at radius 3 is 2.66 bits per heavy atom. The molecule has 1 amide bonds. The van der Waals surface area contributed by atoms with Gasteiger partial charge < -0.3 is 14.2 Å². The molecule has 1 saturated heterocycles. The number of rotatable bonds is 7. The van der Waals surface area contributed by atoms with E-state index in [1.807, 2.05) is 65.6 Å². The molecule has 5 heteroatoms. The molecule has 1 aliphatic rings. The van der Waals surface area contributed by atoms with Crippen LogP contribution in [0.3, 0.4) is 0 Å². The Hall–Kier alpha value is -3.60. The molecule has 1 aliphatic heterocycles. The maximum atomic E-state index is 12.9. The van der Waals surface area contributed by atoms with Crippen LogP contribution in [0, 0.1) is 6.92 Å². The van der Waals surface area contributed by atoms with Gasteiger partial charge in [0.15, 0.2) is 0 Å². The van der Waals surface area contributed by atoms with Gasteiger partial charge in [0.05, 0.1) is 17.6 Å². The predicted octanol–water partition coefficient (Wildman–Crippen LogP) is 5.33. The van der Waals surface area contributed by atoms with E-state index in [1.165, 1.54) is 0 Å². The van der Waals surface area contributed by atoms with Gasteiger partial charge in [-0.25, -0.2) is 4.98 Å². The topological polar surface area (TPSA) is 47.4 Å². The standard InChI is InChI=1S/C27H27N3O2/c1-20-9-7-10-22(17-20)30-19-21(18-26(30)31)27-28-24-13-5-6-14-25(24)29(27)15-8-16-32-23-11-3-2-4-12-23/h2-7,9-14,17,21H,8,15-16,18-19H2,1H3/t21-/m0/s1. The predicted molar refractivity (Wildman–Crippen MR) is 127 cm³/mol. The Kier molecular flexibility index (Phi) is 5.63. The van der Waals surface area contributed by atoms with E-state index in [9.17, 15) is 4.79 Å². The third-order valence-electron chi connectivity index (χ3n) is 6.03. The van der Waals surface area contributed by atoms with E-state index in [0.717, 1.165) is 46.8 Å². The number of amides is 1. The van der Waals surface area contributed by atoms with Crippen LogP contribution in [-0.2, 0) is 11.3 Å². The van der Waals surface area contributed by atoms with Crippen molar-refractivity contribution in [3.05, 3.63) is 90.3 Å². The second-order valence-corrected chi connectivity index (χ2v) is 8.37. The molecule has 162 valence electrons. The number of imidazole rings is 1. The minimum atomic E-state index is 0.0745. The number of aromatic nitrogens is 2. The summed E-state index contributed by atoms with van der Waals surface area (Å²) < 4.78 is 8.17. The van der Waals surface area contributed by atoms with Crippen LogP contribution in [0.5, 0.6) is 5.75 Å². The minimum Gasteiger partial charge on any atom is -0.494 e. The highest BCUT2D eigenvalue weighted by atomic mass is 16.5. The van der Waals surface area contributed by atoms with Gasteiger partial charge >= 0.3 is 0 Å². The van der Waals surface area contributed by atoms with Crippen molar-refractivity contribution in [2.45, 2.75) is 32.2 Å². The zero-order valence-electron chi connectivity index (χ0n) is 18.3. The summed E-state index contributed by atoms with van der Waals surface area (Å²) in [7, 11) is 0. The average molecular weight is 426 g/mol. The van der Waals surface area contributed by atoms with E-state index in [2.05, 4.69) is 29.7 Å². The van der Waals surface area contributed by atoms with E-state index in [0.29, 0.717) is 19.6 Å². The first-order valence-corrected chi connectivity index (χ1v) is 11.2. The van der Waals surface area contributed by atoms with Gasteiger partial charge in [-0.2, -0.15) is 0 Å². The molecule has 5 rings (SSSR count). The number of aryl methyl sites for hydroxylation is 2. The Morgan fingerprint density at radius 1 is 1.00 bits per heavy atom. The summed E-state index contributed by atoms with van der Waals surface area (Å²) in [6.45, 7) is 4.15. The first-order valence-electron chi connectivity index (χ1n) is 11.2. The number of carbonyl (C=O) groups excluding carboxylic acids is 1. The molecular formula is C27H27N3O2. The van der Waals surface area contributed by atoms with Gasteiger partial charge in [0.25, 0.3) is 0 Å². The summed E-state index contributed by atoms with van der Waals surface area (Å²) in [4.78, 5) is 19.7. The smallest absolute Gasteiger partial charge is 0.227 e. The van der Waals surface area contributed by atoms with Crippen molar-refractivity contribution in [1.29, 1.82) is 0 Å². The second-order valence-electron chi connectivity index (χ2n) is 8.37. The van der Waals surface area contributed by atoms with Crippen molar-refractivity contribution in [2.24, 2.45) is 0 Å². The lowest BCUT2D eigenvalue weighted by atomic mass is 10.1. The molecule has 0 N–H and O–H groups in total. The van der Waals surface area contributed by atoms with Crippen molar-refractivity contribution in [3.8, 4) is 5.75 Å². The molecule has 1 atom stereocenters. The first kappa shape index (κ1) is 20.3. The van der Waals surface area contributed by atoms with Crippen molar-refractivity contribution in [2.75, 3.05) is 18.1 Å². The van der Waals surface area contributed by atoms with E-state index in [4.69, 9.17) is 9.72 Å². The number of benzene rings is 3. The lowest BCUT2D eigenvalue weighted by Crippen LogP contribution is -2.24. The number of para-hydroxylation sites is 3. The van der Waals surface area contributed by atoms with Gasteiger partial charge in [-0.05, 0) is 55.3 Å². The molecule has 4 aromatic rings. The molecular weight excluding hydrogens is 398 g/mol. The first-order chi connectivity index (χ1) is 15.7. The van der Waals surface area contributed by atoms with Gasteiger partial charge in [0, 0.05) is 31.1 Å².